The van der Waals surface area contributed by atoms with Crippen LogP contribution in [0.5, 0.6) is 0 Å². The van der Waals surface area contributed by atoms with E-state index >= 15 is 0 Å². The van der Waals surface area contributed by atoms with Crippen molar-refractivity contribution in [1.29, 1.82) is 0 Å². The normalized spacial score (nSPS) is 18.2. The Hall–Kier alpha value is -0.300. The maximum Gasteiger partial charge on any atom is 0.00388 e. The van der Waals surface area contributed by atoms with Gasteiger partial charge in [-0.25, -0.2) is 0 Å². The van der Waals surface area contributed by atoms with Gasteiger partial charge >= 0.3 is 0 Å². The van der Waals surface area contributed by atoms with Crippen LogP contribution in [0.15, 0.2) is 11.6 Å². The molecule has 1 saturated heterocycles. The SMILES string of the molecule is CC.CC=C1CCN(C(C)C)CC1. The molecule has 0 aromatic carbocycles. The molecule has 0 N–H and O–H groups in total. The van der Waals surface area contributed by atoms with E-state index in [1.807, 2.05) is 13.8 Å². The van der Waals surface area contributed by atoms with E-state index in [1.54, 1.807) is 5.57 Å². The molecule has 0 atom stereocenters. The van der Waals surface area contributed by atoms with E-state index in [0.29, 0.717) is 0 Å². The summed E-state index contributed by atoms with van der Waals surface area (Å²) >= 11 is 0. The van der Waals surface area contributed by atoms with Gasteiger partial charge in [0.15, 0.2) is 0 Å². The molecule has 13 heavy (non-hydrogen) atoms. The standard InChI is InChI=1S/C10H19N.C2H6/c1-4-10-5-7-11(8-6-10)9(2)3;1-2/h4,9H,5-8H2,1-3H3;1-2H3. The molecule has 0 amide bonds. The van der Waals surface area contributed by atoms with E-state index in [-0.39, 0.29) is 0 Å². The van der Waals surface area contributed by atoms with E-state index < -0.39 is 0 Å². The molecule has 0 bridgehead atoms. The van der Waals surface area contributed by atoms with Gasteiger partial charge in [-0.05, 0) is 33.6 Å². The quantitative estimate of drug-likeness (QED) is 0.563. The second kappa shape index (κ2) is 7.14. The average Bonchev–Trinajstić information content (AvgIpc) is 2.21. The van der Waals surface area contributed by atoms with Crippen molar-refractivity contribution in [2.75, 3.05) is 13.1 Å². The third-order valence-corrected chi connectivity index (χ3v) is 2.58. The van der Waals surface area contributed by atoms with Crippen molar-refractivity contribution in [3.63, 3.8) is 0 Å². The Bertz CT molecular complexity index is 137. The molecule has 1 aliphatic rings. The number of allylic oxidation sites excluding steroid dienone is 1. The summed E-state index contributed by atoms with van der Waals surface area (Å²) in [7, 11) is 0. The van der Waals surface area contributed by atoms with Crippen molar-refractivity contribution in [3.05, 3.63) is 11.6 Å². The van der Waals surface area contributed by atoms with Crippen molar-refractivity contribution < 1.29 is 0 Å². The van der Waals surface area contributed by atoms with Crippen LogP contribution >= 0.6 is 0 Å². The Morgan fingerprint density at radius 2 is 1.62 bits per heavy atom. The fourth-order valence-corrected chi connectivity index (χ4v) is 1.62. The third-order valence-electron chi connectivity index (χ3n) is 2.58. The van der Waals surface area contributed by atoms with E-state index in [9.17, 15) is 0 Å². The van der Waals surface area contributed by atoms with Crippen molar-refractivity contribution in [1.82, 2.24) is 4.90 Å². The molecule has 0 aromatic heterocycles. The minimum atomic E-state index is 0.730. The minimum absolute atomic E-state index is 0.730. The maximum absolute atomic E-state index is 2.55. The lowest BCUT2D eigenvalue weighted by Gasteiger charge is -2.31. The van der Waals surface area contributed by atoms with Gasteiger partial charge in [-0.3, -0.25) is 0 Å². The van der Waals surface area contributed by atoms with Crippen LogP contribution in [-0.2, 0) is 0 Å². The Morgan fingerprint density at radius 1 is 1.15 bits per heavy atom. The highest BCUT2D eigenvalue weighted by Gasteiger charge is 2.14. The second-order valence-electron chi connectivity index (χ2n) is 3.58. The number of hydrogen-bond donors (Lipinski definition) is 0. The second-order valence-corrected chi connectivity index (χ2v) is 3.58. The number of nitrogens with zero attached hydrogens (tertiary/aromatic N) is 1. The Balaban J connectivity index is 0.000000671. The van der Waals surface area contributed by atoms with Crippen LogP contribution in [0.2, 0.25) is 0 Å². The van der Waals surface area contributed by atoms with Crippen LogP contribution in [-0.4, -0.2) is 24.0 Å². The van der Waals surface area contributed by atoms with Gasteiger partial charge in [-0.2, -0.15) is 0 Å². The number of hydrogen-bond acceptors (Lipinski definition) is 1. The molecule has 0 radical (unpaired) electrons. The predicted molar refractivity (Wildman–Crippen MR) is 61.0 cm³/mol. The largest absolute Gasteiger partial charge is 0.300 e. The molecule has 1 rings (SSSR count). The fraction of sp³-hybridized carbons (Fsp3) is 0.833. The topological polar surface area (TPSA) is 3.24 Å². The van der Waals surface area contributed by atoms with Gasteiger partial charge in [0.2, 0.25) is 0 Å². The molecule has 0 aromatic rings. The molecule has 0 aliphatic carbocycles. The van der Waals surface area contributed by atoms with Gasteiger partial charge < -0.3 is 4.90 Å². The highest BCUT2D eigenvalue weighted by atomic mass is 15.1. The van der Waals surface area contributed by atoms with Crippen molar-refractivity contribution >= 4 is 0 Å². The minimum Gasteiger partial charge on any atom is -0.300 e. The molecule has 0 spiro atoms. The van der Waals surface area contributed by atoms with Crippen LogP contribution in [0.4, 0.5) is 0 Å². The first-order valence-corrected chi connectivity index (χ1v) is 5.62. The van der Waals surface area contributed by atoms with Crippen molar-refractivity contribution in [3.8, 4) is 0 Å². The first-order valence-electron chi connectivity index (χ1n) is 5.62. The van der Waals surface area contributed by atoms with Crippen LogP contribution in [0, 0.1) is 0 Å². The van der Waals surface area contributed by atoms with Crippen LogP contribution < -0.4 is 0 Å². The third kappa shape index (κ3) is 4.47. The lowest BCUT2D eigenvalue weighted by atomic mass is 10.0. The summed E-state index contributed by atoms with van der Waals surface area (Å²) in [5.74, 6) is 0. The number of rotatable bonds is 1. The van der Waals surface area contributed by atoms with Gasteiger partial charge in [-0.1, -0.05) is 25.5 Å². The van der Waals surface area contributed by atoms with E-state index in [2.05, 4.69) is 31.7 Å². The van der Waals surface area contributed by atoms with Crippen molar-refractivity contribution in [2.45, 2.75) is 53.5 Å². The molecule has 0 unspecified atom stereocenters. The average molecular weight is 183 g/mol. The van der Waals surface area contributed by atoms with Crippen LogP contribution in [0.25, 0.3) is 0 Å². The zero-order valence-electron chi connectivity index (χ0n) is 9.93. The van der Waals surface area contributed by atoms with Gasteiger partial charge in [0.05, 0.1) is 0 Å². The molecule has 1 aliphatic heterocycles. The monoisotopic (exact) mass is 183 g/mol. The highest BCUT2D eigenvalue weighted by Crippen LogP contribution is 2.17. The summed E-state index contributed by atoms with van der Waals surface area (Å²) in [5, 5.41) is 0. The Morgan fingerprint density at radius 3 is 1.92 bits per heavy atom. The molecule has 1 fully saturated rings. The van der Waals surface area contributed by atoms with Crippen molar-refractivity contribution in [2.24, 2.45) is 0 Å². The van der Waals surface area contributed by atoms with Gasteiger partial charge in [0.1, 0.15) is 0 Å². The molecule has 0 saturated carbocycles. The summed E-state index contributed by atoms with van der Waals surface area (Å²) in [6.45, 7) is 13.2. The van der Waals surface area contributed by atoms with E-state index in [0.717, 1.165) is 6.04 Å². The molecule has 1 heteroatoms. The fourth-order valence-electron chi connectivity index (χ4n) is 1.62. The van der Waals surface area contributed by atoms with Crippen LogP contribution in [0.1, 0.15) is 47.5 Å². The zero-order chi connectivity index (χ0) is 10.3. The Labute approximate surface area is 83.8 Å². The smallest absolute Gasteiger partial charge is 0.00388 e. The lowest BCUT2D eigenvalue weighted by molar-refractivity contribution is 0.207. The number of likely N-dealkylation sites (tertiary alicyclic amines) is 1. The highest BCUT2D eigenvalue weighted by molar-refractivity contribution is 5.04. The first kappa shape index (κ1) is 12.7. The molecule has 1 heterocycles. The summed E-state index contributed by atoms with van der Waals surface area (Å²) in [6, 6.07) is 0.730. The van der Waals surface area contributed by atoms with Gasteiger partial charge in [0, 0.05) is 19.1 Å². The summed E-state index contributed by atoms with van der Waals surface area (Å²) < 4.78 is 0. The molecular formula is C12H25N. The van der Waals surface area contributed by atoms with Gasteiger partial charge in [-0.15, -0.1) is 0 Å². The van der Waals surface area contributed by atoms with E-state index in [1.165, 1.54) is 25.9 Å². The van der Waals surface area contributed by atoms with Crippen LogP contribution in [0.3, 0.4) is 0 Å². The zero-order valence-corrected chi connectivity index (χ0v) is 9.93. The lowest BCUT2D eigenvalue weighted by Crippen LogP contribution is -2.36. The molecular weight excluding hydrogens is 158 g/mol. The van der Waals surface area contributed by atoms with Gasteiger partial charge in [0.25, 0.3) is 0 Å². The summed E-state index contributed by atoms with van der Waals surface area (Å²) in [5.41, 5.74) is 1.64. The number of piperidine rings is 1. The van der Waals surface area contributed by atoms with E-state index in [4.69, 9.17) is 0 Å². The first-order chi connectivity index (χ1) is 6.24. The maximum atomic E-state index is 2.55. The Kier molecular flexibility index (Phi) is 6.97. The summed E-state index contributed by atoms with van der Waals surface area (Å²) in [6.07, 6.45) is 4.85. The molecule has 78 valence electrons. The predicted octanol–water partition coefficient (Wildman–Crippen LogP) is 3.46. The molecule has 1 nitrogen and oxygen atoms in total. The summed E-state index contributed by atoms with van der Waals surface area (Å²) in [4.78, 5) is 2.55.